The highest BCUT2D eigenvalue weighted by atomic mass is 19.1. The summed E-state index contributed by atoms with van der Waals surface area (Å²) in [6.45, 7) is 2.08. The van der Waals surface area contributed by atoms with Gasteiger partial charge in [-0.05, 0) is 30.7 Å². The van der Waals surface area contributed by atoms with Crippen LogP contribution in [-0.4, -0.2) is 5.84 Å². The van der Waals surface area contributed by atoms with Gasteiger partial charge in [0.05, 0.1) is 0 Å². The minimum atomic E-state index is -0.283. The normalized spacial score (nSPS) is 10.2. The number of halogens is 1. The van der Waals surface area contributed by atoms with Crippen LogP contribution in [0.2, 0.25) is 0 Å². The quantitative estimate of drug-likeness (QED) is 0.654. The Morgan fingerprint density at radius 1 is 1.26 bits per heavy atom. The van der Waals surface area contributed by atoms with Crippen molar-refractivity contribution >= 4 is 5.84 Å². The summed E-state index contributed by atoms with van der Waals surface area (Å²) in [5.41, 5.74) is 7.73. The molecule has 98 valence electrons. The molecule has 3 nitrogen and oxygen atoms in total. The van der Waals surface area contributed by atoms with Gasteiger partial charge in [-0.3, -0.25) is 5.41 Å². The van der Waals surface area contributed by atoms with E-state index < -0.39 is 0 Å². The predicted octanol–water partition coefficient (Wildman–Crippen LogP) is 3.00. The SMILES string of the molecule is Cc1cc(F)ccc1OCc1ccccc1C(=N)N. The van der Waals surface area contributed by atoms with E-state index >= 15 is 0 Å². The summed E-state index contributed by atoms with van der Waals surface area (Å²) in [4.78, 5) is 0. The van der Waals surface area contributed by atoms with Crippen LogP contribution in [0.15, 0.2) is 42.5 Å². The molecule has 0 aliphatic heterocycles. The third-order valence-corrected chi connectivity index (χ3v) is 2.83. The number of nitrogens with two attached hydrogens (primary N) is 1. The summed E-state index contributed by atoms with van der Waals surface area (Å²) in [5, 5.41) is 7.50. The molecule has 0 bridgehead atoms. The van der Waals surface area contributed by atoms with E-state index in [1.54, 1.807) is 19.1 Å². The number of nitrogens with one attached hydrogen (secondary N) is 1. The van der Waals surface area contributed by atoms with Gasteiger partial charge in [-0.25, -0.2) is 4.39 Å². The molecule has 0 heterocycles. The molecule has 3 N–H and O–H groups in total. The van der Waals surface area contributed by atoms with E-state index in [9.17, 15) is 4.39 Å². The molecule has 0 radical (unpaired) electrons. The molecule has 2 aromatic carbocycles. The lowest BCUT2D eigenvalue weighted by Gasteiger charge is -2.11. The van der Waals surface area contributed by atoms with Gasteiger partial charge in [-0.1, -0.05) is 24.3 Å². The molecule has 0 saturated carbocycles. The van der Waals surface area contributed by atoms with Gasteiger partial charge in [0.15, 0.2) is 0 Å². The van der Waals surface area contributed by atoms with Gasteiger partial charge in [0.2, 0.25) is 0 Å². The Balaban J connectivity index is 2.17. The molecular weight excluding hydrogens is 243 g/mol. The van der Waals surface area contributed by atoms with Crippen molar-refractivity contribution < 1.29 is 9.13 Å². The number of rotatable bonds is 4. The minimum absolute atomic E-state index is 0.00929. The number of nitrogen functional groups attached to an aromatic ring is 1. The third kappa shape index (κ3) is 3.10. The Morgan fingerprint density at radius 3 is 2.68 bits per heavy atom. The predicted molar refractivity (Wildman–Crippen MR) is 72.9 cm³/mol. The molecule has 2 rings (SSSR count). The van der Waals surface area contributed by atoms with Crippen molar-refractivity contribution in [3.05, 3.63) is 65.0 Å². The maximum absolute atomic E-state index is 13.0. The number of ether oxygens (including phenoxy) is 1. The van der Waals surface area contributed by atoms with Crippen LogP contribution in [0, 0.1) is 18.2 Å². The van der Waals surface area contributed by atoms with E-state index in [1.165, 1.54) is 12.1 Å². The maximum Gasteiger partial charge on any atom is 0.123 e. The molecule has 2 aromatic rings. The average molecular weight is 258 g/mol. The molecule has 0 aliphatic rings. The van der Waals surface area contributed by atoms with Gasteiger partial charge in [0.25, 0.3) is 0 Å². The molecule has 0 aromatic heterocycles. The second kappa shape index (κ2) is 5.52. The van der Waals surface area contributed by atoms with Crippen LogP contribution < -0.4 is 10.5 Å². The summed E-state index contributed by atoms with van der Waals surface area (Å²) in [5.74, 6) is 0.351. The van der Waals surface area contributed by atoms with Crippen molar-refractivity contribution in [2.45, 2.75) is 13.5 Å². The zero-order valence-corrected chi connectivity index (χ0v) is 10.6. The summed E-state index contributed by atoms with van der Waals surface area (Å²) < 4.78 is 18.6. The highest BCUT2D eigenvalue weighted by Crippen LogP contribution is 2.20. The Bertz CT molecular complexity index is 611. The summed E-state index contributed by atoms with van der Waals surface area (Å²) >= 11 is 0. The Morgan fingerprint density at radius 2 is 2.00 bits per heavy atom. The van der Waals surface area contributed by atoms with E-state index in [0.717, 1.165) is 11.1 Å². The molecule has 0 amide bonds. The standard InChI is InChI=1S/C15H15FN2O/c1-10-8-12(16)6-7-14(10)19-9-11-4-2-3-5-13(11)15(17)18/h2-8H,9H2,1H3,(H3,17,18). The molecule has 4 heteroatoms. The molecule has 0 saturated heterocycles. The molecule has 19 heavy (non-hydrogen) atoms. The van der Waals surface area contributed by atoms with E-state index in [-0.39, 0.29) is 11.7 Å². The molecule has 0 fully saturated rings. The monoisotopic (exact) mass is 258 g/mol. The molecular formula is C15H15FN2O. The van der Waals surface area contributed by atoms with Crippen molar-refractivity contribution in [3.63, 3.8) is 0 Å². The van der Waals surface area contributed by atoms with Crippen LogP contribution in [0.1, 0.15) is 16.7 Å². The second-order valence-electron chi connectivity index (χ2n) is 4.27. The van der Waals surface area contributed by atoms with E-state index in [0.29, 0.717) is 17.9 Å². The van der Waals surface area contributed by atoms with Gasteiger partial charge >= 0.3 is 0 Å². The van der Waals surface area contributed by atoms with Crippen molar-refractivity contribution in [2.24, 2.45) is 5.73 Å². The van der Waals surface area contributed by atoms with Crippen LogP contribution in [0.4, 0.5) is 4.39 Å². The fraction of sp³-hybridized carbons (Fsp3) is 0.133. The highest BCUT2D eigenvalue weighted by molar-refractivity contribution is 5.96. The van der Waals surface area contributed by atoms with Crippen molar-refractivity contribution in [3.8, 4) is 5.75 Å². The summed E-state index contributed by atoms with van der Waals surface area (Å²) in [6, 6.07) is 11.7. The molecule has 0 atom stereocenters. The number of amidine groups is 1. The number of hydrogen-bond acceptors (Lipinski definition) is 2. The van der Waals surface area contributed by atoms with Gasteiger partial charge in [-0.2, -0.15) is 0 Å². The van der Waals surface area contributed by atoms with Crippen LogP contribution >= 0.6 is 0 Å². The second-order valence-corrected chi connectivity index (χ2v) is 4.27. The number of aryl methyl sites for hydroxylation is 1. The van der Waals surface area contributed by atoms with Gasteiger partial charge in [-0.15, -0.1) is 0 Å². The maximum atomic E-state index is 13.0. The Kier molecular flexibility index (Phi) is 3.80. The zero-order valence-electron chi connectivity index (χ0n) is 10.6. The Labute approximate surface area is 111 Å². The third-order valence-electron chi connectivity index (χ3n) is 2.83. The van der Waals surface area contributed by atoms with Crippen molar-refractivity contribution in [1.29, 1.82) is 5.41 Å². The molecule has 0 unspecified atom stereocenters. The van der Waals surface area contributed by atoms with Gasteiger partial charge in [0, 0.05) is 11.1 Å². The smallest absolute Gasteiger partial charge is 0.123 e. The van der Waals surface area contributed by atoms with Crippen molar-refractivity contribution in [1.82, 2.24) is 0 Å². The van der Waals surface area contributed by atoms with Crippen LogP contribution in [-0.2, 0) is 6.61 Å². The first-order chi connectivity index (χ1) is 9.08. The first-order valence-electron chi connectivity index (χ1n) is 5.89. The molecule has 0 aliphatic carbocycles. The first kappa shape index (κ1) is 13.1. The zero-order chi connectivity index (χ0) is 13.8. The first-order valence-corrected chi connectivity index (χ1v) is 5.89. The molecule has 0 spiro atoms. The fourth-order valence-electron chi connectivity index (χ4n) is 1.84. The Hall–Kier alpha value is -2.36. The lowest BCUT2D eigenvalue weighted by atomic mass is 10.1. The largest absolute Gasteiger partial charge is 0.489 e. The van der Waals surface area contributed by atoms with Gasteiger partial charge < -0.3 is 10.5 Å². The average Bonchev–Trinajstić information content (AvgIpc) is 2.38. The number of hydrogen-bond donors (Lipinski definition) is 2. The van der Waals surface area contributed by atoms with E-state index in [4.69, 9.17) is 15.9 Å². The summed E-state index contributed by atoms with van der Waals surface area (Å²) in [7, 11) is 0. The van der Waals surface area contributed by atoms with E-state index in [2.05, 4.69) is 0 Å². The highest BCUT2D eigenvalue weighted by Gasteiger charge is 2.06. The van der Waals surface area contributed by atoms with Crippen molar-refractivity contribution in [2.75, 3.05) is 0 Å². The number of benzene rings is 2. The minimum Gasteiger partial charge on any atom is -0.489 e. The summed E-state index contributed by atoms with van der Waals surface area (Å²) in [6.07, 6.45) is 0. The lowest BCUT2D eigenvalue weighted by Crippen LogP contribution is -2.14. The van der Waals surface area contributed by atoms with Crippen LogP contribution in [0.3, 0.4) is 0 Å². The van der Waals surface area contributed by atoms with Crippen LogP contribution in [0.25, 0.3) is 0 Å². The van der Waals surface area contributed by atoms with Gasteiger partial charge in [0.1, 0.15) is 24.0 Å². The van der Waals surface area contributed by atoms with E-state index in [1.807, 2.05) is 18.2 Å². The topological polar surface area (TPSA) is 59.1 Å². The van der Waals surface area contributed by atoms with Crippen LogP contribution in [0.5, 0.6) is 5.75 Å². The fourth-order valence-corrected chi connectivity index (χ4v) is 1.84. The lowest BCUT2D eigenvalue weighted by molar-refractivity contribution is 0.303.